The summed E-state index contributed by atoms with van der Waals surface area (Å²) in [6.45, 7) is 5.32. The quantitative estimate of drug-likeness (QED) is 0.937. The highest BCUT2D eigenvalue weighted by Gasteiger charge is 2.15. The summed E-state index contributed by atoms with van der Waals surface area (Å²) < 4.78 is 1.57. The minimum Gasteiger partial charge on any atom is -0.310 e. The highest BCUT2D eigenvalue weighted by atomic mass is 35.5. The Morgan fingerprint density at radius 2 is 2.11 bits per heavy atom. The Hall–Kier alpha value is -1.17. The normalized spacial score (nSPS) is 10.9. The van der Waals surface area contributed by atoms with Gasteiger partial charge in [0.15, 0.2) is 5.82 Å². The van der Waals surface area contributed by atoms with Gasteiger partial charge in [-0.25, -0.2) is 0 Å². The molecule has 18 heavy (non-hydrogen) atoms. The van der Waals surface area contributed by atoms with E-state index in [0.29, 0.717) is 28.1 Å². The van der Waals surface area contributed by atoms with Crippen molar-refractivity contribution in [2.75, 3.05) is 6.54 Å². The first-order valence-electron chi connectivity index (χ1n) is 5.58. The molecule has 0 aliphatic carbocycles. The van der Waals surface area contributed by atoms with Crippen LogP contribution in [0.25, 0.3) is 5.69 Å². The molecule has 0 saturated carbocycles. The molecule has 0 fully saturated rings. The van der Waals surface area contributed by atoms with Gasteiger partial charge in [-0.1, -0.05) is 36.2 Å². The first-order valence-corrected chi connectivity index (χ1v) is 6.33. The topological polar surface area (TPSA) is 55.6 Å². The average molecular weight is 286 g/mol. The van der Waals surface area contributed by atoms with Crippen molar-refractivity contribution < 1.29 is 0 Å². The van der Waals surface area contributed by atoms with Gasteiger partial charge in [0.25, 0.3) is 0 Å². The lowest BCUT2D eigenvalue weighted by Crippen LogP contribution is -2.16. The highest BCUT2D eigenvalue weighted by molar-refractivity contribution is 6.38. The highest BCUT2D eigenvalue weighted by Crippen LogP contribution is 2.31. The minimum absolute atomic E-state index is 0.524. The van der Waals surface area contributed by atoms with Crippen LogP contribution in [0.15, 0.2) is 12.1 Å². The van der Waals surface area contributed by atoms with E-state index in [2.05, 4.69) is 20.8 Å². The molecule has 2 rings (SSSR count). The number of tetrazole rings is 1. The molecule has 0 saturated heterocycles. The van der Waals surface area contributed by atoms with Gasteiger partial charge in [0, 0.05) is 0 Å². The van der Waals surface area contributed by atoms with Gasteiger partial charge in [-0.2, -0.15) is 4.68 Å². The largest absolute Gasteiger partial charge is 0.310 e. The number of halogens is 2. The molecule has 96 valence electrons. The van der Waals surface area contributed by atoms with E-state index in [4.69, 9.17) is 23.2 Å². The van der Waals surface area contributed by atoms with E-state index in [1.165, 1.54) is 0 Å². The van der Waals surface area contributed by atoms with Gasteiger partial charge in [0.05, 0.1) is 16.6 Å². The Morgan fingerprint density at radius 3 is 2.83 bits per heavy atom. The average Bonchev–Trinajstić information content (AvgIpc) is 2.80. The zero-order valence-corrected chi connectivity index (χ0v) is 11.6. The summed E-state index contributed by atoms with van der Waals surface area (Å²) in [5.41, 5.74) is 1.55. The third-order valence-corrected chi connectivity index (χ3v) is 3.32. The van der Waals surface area contributed by atoms with Crippen molar-refractivity contribution >= 4 is 23.2 Å². The summed E-state index contributed by atoms with van der Waals surface area (Å²) in [7, 11) is 0. The standard InChI is InChI=1S/C11H13Cl2N5/c1-3-14-6-9-15-16-17-18(9)11-8(12)5-4-7(2)10(11)13/h4-5,14H,3,6H2,1-2H3. The molecule has 5 nitrogen and oxygen atoms in total. The number of nitrogens with one attached hydrogen (secondary N) is 1. The maximum Gasteiger partial charge on any atom is 0.170 e. The number of hydrogen-bond acceptors (Lipinski definition) is 4. The van der Waals surface area contributed by atoms with Crippen molar-refractivity contribution in [3.05, 3.63) is 33.6 Å². The fraction of sp³-hybridized carbons (Fsp3) is 0.364. The second-order valence-electron chi connectivity index (χ2n) is 3.81. The molecule has 2 aromatic rings. The SMILES string of the molecule is CCNCc1nnnn1-c1c(Cl)ccc(C)c1Cl. The lowest BCUT2D eigenvalue weighted by Gasteiger charge is -2.10. The van der Waals surface area contributed by atoms with Crippen LogP contribution in [0.4, 0.5) is 0 Å². The van der Waals surface area contributed by atoms with E-state index in [1.807, 2.05) is 19.9 Å². The summed E-state index contributed by atoms with van der Waals surface area (Å²) >= 11 is 12.5. The predicted molar refractivity (Wildman–Crippen MR) is 71.3 cm³/mol. The maximum absolute atomic E-state index is 6.27. The Balaban J connectivity index is 2.49. The van der Waals surface area contributed by atoms with E-state index >= 15 is 0 Å². The van der Waals surface area contributed by atoms with Crippen LogP contribution in [0.3, 0.4) is 0 Å². The second kappa shape index (κ2) is 5.65. The summed E-state index contributed by atoms with van der Waals surface area (Å²) in [6.07, 6.45) is 0. The third kappa shape index (κ3) is 2.48. The molecule has 7 heteroatoms. The van der Waals surface area contributed by atoms with Crippen LogP contribution in [0, 0.1) is 6.92 Å². The molecule has 1 N–H and O–H groups in total. The molecular formula is C11H13Cl2N5. The van der Waals surface area contributed by atoms with Gasteiger partial charge < -0.3 is 5.32 Å². The van der Waals surface area contributed by atoms with Gasteiger partial charge >= 0.3 is 0 Å². The molecule has 0 radical (unpaired) electrons. The smallest absolute Gasteiger partial charge is 0.170 e. The number of rotatable bonds is 4. The van der Waals surface area contributed by atoms with Crippen molar-refractivity contribution in [1.29, 1.82) is 0 Å². The van der Waals surface area contributed by atoms with E-state index in [-0.39, 0.29) is 0 Å². The molecule has 0 aliphatic heterocycles. The Labute approximate surface area is 115 Å². The van der Waals surface area contributed by atoms with Crippen LogP contribution in [-0.4, -0.2) is 26.8 Å². The molecule has 0 atom stereocenters. The molecule has 0 amide bonds. The van der Waals surface area contributed by atoms with Gasteiger partial charge in [0.2, 0.25) is 0 Å². The first-order chi connectivity index (χ1) is 8.65. The van der Waals surface area contributed by atoms with E-state index < -0.39 is 0 Å². The fourth-order valence-electron chi connectivity index (χ4n) is 1.56. The van der Waals surface area contributed by atoms with Crippen molar-refractivity contribution in [1.82, 2.24) is 25.5 Å². The van der Waals surface area contributed by atoms with E-state index in [0.717, 1.165) is 12.1 Å². The molecule has 0 spiro atoms. The summed E-state index contributed by atoms with van der Waals surface area (Å²) in [5.74, 6) is 0.672. The van der Waals surface area contributed by atoms with Crippen LogP contribution in [0.1, 0.15) is 18.3 Å². The van der Waals surface area contributed by atoms with Crippen molar-refractivity contribution in [3.8, 4) is 5.69 Å². The van der Waals surface area contributed by atoms with Crippen LogP contribution in [-0.2, 0) is 6.54 Å². The zero-order chi connectivity index (χ0) is 13.1. The summed E-state index contributed by atoms with van der Waals surface area (Å²) in [4.78, 5) is 0. The molecule has 1 aromatic carbocycles. The Bertz CT molecular complexity index is 552. The first kappa shape index (κ1) is 13.3. The third-order valence-electron chi connectivity index (χ3n) is 2.54. The van der Waals surface area contributed by atoms with Gasteiger partial charge in [-0.3, -0.25) is 0 Å². The van der Waals surface area contributed by atoms with Crippen LogP contribution in [0.2, 0.25) is 10.0 Å². The number of aryl methyl sites for hydroxylation is 1. The monoisotopic (exact) mass is 285 g/mol. The summed E-state index contributed by atoms with van der Waals surface area (Å²) in [5, 5.41) is 15.8. The lowest BCUT2D eigenvalue weighted by atomic mass is 10.2. The second-order valence-corrected chi connectivity index (χ2v) is 4.60. The van der Waals surface area contributed by atoms with Gasteiger partial charge in [0.1, 0.15) is 5.69 Å². The molecular weight excluding hydrogens is 273 g/mol. The molecule has 0 unspecified atom stereocenters. The van der Waals surface area contributed by atoms with Crippen LogP contribution in [0.5, 0.6) is 0 Å². The molecule has 1 heterocycles. The zero-order valence-electron chi connectivity index (χ0n) is 10.1. The molecule has 1 aromatic heterocycles. The molecule has 0 bridgehead atoms. The van der Waals surface area contributed by atoms with Crippen LogP contribution < -0.4 is 5.32 Å². The van der Waals surface area contributed by atoms with Crippen molar-refractivity contribution in [2.24, 2.45) is 0 Å². The van der Waals surface area contributed by atoms with Crippen LogP contribution >= 0.6 is 23.2 Å². The number of benzene rings is 1. The van der Waals surface area contributed by atoms with Crippen molar-refractivity contribution in [3.63, 3.8) is 0 Å². The van der Waals surface area contributed by atoms with Crippen molar-refractivity contribution in [2.45, 2.75) is 20.4 Å². The van der Waals surface area contributed by atoms with Gasteiger partial charge in [-0.15, -0.1) is 5.10 Å². The summed E-state index contributed by atoms with van der Waals surface area (Å²) in [6, 6.07) is 3.65. The number of nitrogens with zero attached hydrogens (tertiary/aromatic N) is 4. The predicted octanol–water partition coefficient (Wildman–Crippen LogP) is 2.39. The maximum atomic E-state index is 6.27. The molecule has 0 aliphatic rings. The minimum atomic E-state index is 0.524. The number of aromatic nitrogens is 4. The Kier molecular flexibility index (Phi) is 4.16. The fourth-order valence-corrected chi connectivity index (χ4v) is 2.09. The number of hydrogen-bond donors (Lipinski definition) is 1. The Morgan fingerprint density at radius 1 is 1.33 bits per heavy atom. The van der Waals surface area contributed by atoms with E-state index in [9.17, 15) is 0 Å². The lowest BCUT2D eigenvalue weighted by molar-refractivity contribution is 0.664. The van der Waals surface area contributed by atoms with Gasteiger partial charge in [-0.05, 0) is 35.5 Å². The van der Waals surface area contributed by atoms with E-state index in [1.54, 1.807) is 10.7 Å².